The molecule has 0 fully saturated rings. The van der Waals surface area contributed by atoms with Gasteiger partial charge in [-0.1, -0.05) is 42.5 Å². The highest BCUT2D eigenvalue weighted by molar-refractivity contribution is 5.85. The number of hydrogen-bond acceptors (Lipinski definition) is 2. The van der Waals surface area contributed by atoms with Crippen LogP contribution in [-0.4, -0.2) is 14.9 Å². The number of aliphatic hydroxyl groups excluding tert-OH is 1. The number of aliphatic hydroxyl groups is 1. The third kappa shape index (κ3) is 2.37. The molecule has 0 bridgehead atoms. The Labute approximate surface area is 112 Å². The molecule has 19 heavy (non-hydrogen) atoms. The fourth-order valence-electron chi connectivity index (χ4n) is 2.38. The molecule has 0 aliphatic carbocycles. The van der Waals surface area contributed by atoms with Crippen LogP contribution in [0.5, 0.6) is 0 Å². The molecule has 1 atom stereocenters. The zero-order valence-corrected chi connectivity index (χ0v) is 10.8. The van der Waals surface area contributed by atoms with E-state index in [1.165, 1.54) is 0 Å². The summed E-state index contributed by atoms with van der Waals surface area (Å²) < 4.78 is 1.78. The summed E-state index contributed by atoms with van der Waals surface area (Å²) in [6, 6.07) is 16.1. The van der Waals surface area contributed by atoms with Crippen LogP contribution in [0.4, 0.5) is 0 Å². The van der Waals surface area contributed by atoms with E-state index in [0.29, 0.717) is 6.54 Å². The second kappa shape index (κ2) is 4.86. The van der Waals surface area contributed by atoms with E-state index >= 15 is 0 Å². The van der Waals surface area contributed by atoms with Crippen molar-refractivity contribution in [2.75, 3.05) is 0 Å². The number of benzene rings is 2. The van der Waals surface area contributed by atoms with Gasteiger partial charge in [-0.05, 0) is 29.3 Å². The summed E-state index contributed by atoms with van der Waals surface area (Å²) in [6.07, 6.45) is 1.34. The first-order chi connectivity index (χ1) is 9.24. The minimum Gasteiger partial charge on any atom is -0.386 e. The maximum absolute atomic E-state index is 10.4. The first-order valence-corrected chi connectivity index (χ1v) is 6.40. The second-order valence-corrected chi connectivity index (χ2v) is 4.76. The van der Waals surface area contributed by atoms with Crippen molar-refractivity contribution in [2.24, 2.45) is 0 Å². The van der Waals surface area contributed by atoms with Crippen molar-refractivity contribution >= 4 is 10.8 Å². The van der Waals surface area contributed by atoms with Crippen LogP contribution in [0.25, 0.3) is 10.8 Å². The lowest BCUT2D eigenvalue weighted by atomic mass is 10.0. The van der Waals surface area contributed by atoms with Crippen LogP contribution in [-0.2, 0) is 6.54 Å². The van der Waals surface area contributed by atoms with Crippen LogP contribution in [0.2, 0.25) is 0 Å². The topological polar surface area (TPSA) is 38.0 Å². The van der Waals surface area contributed by atoms with Crippen LogP contribution in [0.3, 0.4) is 0 Å². The van der Waals surface area contributed by atoms with Crippen LogP contribution in [0.1, 0.15) is 17.4 Å². The Hall–Kier alpha value is -2.13. The lowest BCUT2D eigenvalue weighted by Crippen LogP contribution is -2.09. The maximum atomic E-state index is 10.4. The van der Waals surface area contributed by atoms with E-state index in [1.807, 2.05) is 49.5 Å². The van der Waals surface area contributed by atoms with E-state index in [1.54, 1.807) is 4.68 Å². The van der Waals surface area contributed by atoms with Gasteiger partial charge in [0.1, 0.15) is 0 Å². The fraction of sp³-hybridized carbons (Fsp3) is 0.188. The van der Waals surface area contributed by atoms with Crippen molar-refractivity contribution in [2.45, 2.75) is 19.6 Å². The number of hydrogen-bond donors (Lipinski definition) is 1. The predicted molar refractivity (Wildman–Crippen MR) is 75.9 cm³/mol. The van der Waals surface area contributed by atoms with Gasteiger partial charge in [0.2, 0.25) is 0 Å². The Balaban J connectivity index is 1.95. The van der Waals surface area contributed by atoms with Crippen molar-refractivity contribution in [1.82, 2.24) is 9.78 Å². The van der Waals surface area contributed by atoms with Crippen LogP contribution in [0.15, 0.2) is 54.7 Å². The molecule has 96 valence electrons. The van der Waals surface area contributed by atoms with Gasteiger partial charge in [-0.3, -0.25) is 4.68 Å². The van der Waals surface area contributed by atoms with Crippen LogP contribution >= 0.6 is 0 Å². The molecule has 1 N–H and O–H groups in total. The molecule has 0 amide bonds. The molecule has 0 aliphatic rings. The monoisotopic (exact) mass is 252 g/mol. The van der Waals surface area contributed by atoms with Crippen LogP contribution in [0, 0.1) is 6.92 Å². The number of aromatic nitrogens is 2. The number of rotatable bonds is 3. The van der Waals surface area contributed by atoms with Crippen molar-refractivity contribution < 1.29 is 5.11 Å². The summed E-state index contributed by atoms with van der Waals surface area (Å²) in [5, 5.41) is 17.0. The second-order valence-electron chi connectivity index (χ2n) is 4.76. The third-order valence-electron chi connectivity index (χ3n) is 3.32. The molecule has 3 heteroatoms. The molecule has 3 aromatic rings. The summed E-state index contributed by atoms with van der Waals surface area (Å²) in [6.45, 7) is 2.42. The first kappa shape index (κ1) is 11.9. The molecule has 3 rings (SSSR count). The van der Waals surface area contributed by atoms with Crippen molar-refractivity contribution in [3.63, 3.8) is 0 Å². The van der Waals surface area contributed by atoms with Crippen molar-refractivity contribution in [3.05, 3.63) is 66.0 Å². The summed E-state index contributed by atoms with van der Waals surface area (Å²) in [7, 11) is 0. The zero-order valence-electron chi connectivity index (χ0n) is 10.8. The van der Waals surface area contributed by atoms with Gasteiger partial charge in [-0.15, -0.1) is 0 Å². The quantitative estimate of drug-likeness (QED) is 0.778. The van der Waals surface area contributed by atoms with E-state index in [9.17, 15) is 5.11 Å². The average molecular weight is 252 g/mol. The summed E-state index contributed by atoms with van der Waals surface area (Å²) in [4.78, 5) is 0. The van der Waals surface area contributed by atoms with Gasteiger partial charge in [0.25, 0.3) is 0 Å². The van der Waals surface area contributed by atoms with Crippen molar-refractivity contribution in [1.29, 1.82) is 0 Å². The molecular formula is C16H16N2O. The van der Waals surface area contributed by atoms with Gasteiger partial charge in [0.15, 0.2) is 0 Å². The summed E-state index contributed by atoms with van der Waals surface area (Å²) >= 11 is 0. The first-order valence-electron chi connectivity index (χ1n) is 6.40. The Bertz CT molecular complexity index is 697. The molecular weight excluding hydrogens is 236 g/mol. The van der Waals surface area contributed by atoms with Gasteiger partial charge < -0.3 is 5.11 Å². The molecule has 0 radical (unpaired) electrons. The average Bonchev–Trinajstić information content (AvgIpc) is 2.83. The molecule has 3 nitrogen and oxygen atoms in total. The minimum atomic E-state index is -0.551. The fourth-order valence-corrected chi connectivity index (χ4v) is 2.38. The summed E-state index contributed by atoms with van der Waals surface area (Å²) in [5.41, 5.74) is 1.91. The highest BCUT2D eigenvalue weighted by Crippen LogP contribution is 2.25. The summed E-state index contributed by atoms with van der Waals surface area (Å²) in [5.74, 6) is 0. The van der Waals surface area contributed by atoms with E-state index in [4.69, 9.17) is 0 Å². The molecule has 1 heterocycles. The van der Waals surface area contributed by atoms with Crippen LogP contribution < -0.4 is 0 Å². The molecule has 0 aliphatic heterocycles. The van der Waals surface area contributed by atoms with Gasteiger partial charge in [0, 0.05) is 6.20 Å². The van der Waals surface area contributed by atoms with Gasteiger partial charge in [-0.25, -0.2) is 0 Å². The maximum Gasteiger partial charge on any atom is 0.0991 e. The Kier molecular flexibility index (Phi) is 3.05. The third-order valence-corrected chi connectivity index (χ3v) is 3.32. The van der Waals surface area contributed by atoms with E-state index in [2.05, 4.69) is 17.2 Å². The SMILES string of the molecule is Cc1ccn(CC(O)c2cccc3ccccc23)n1. The Morgan fingerprint density at radius 1 is 1.11 bits per heavy atom. The standard InChI is InChI=1S/C16H16N2O/c1-12-9-10-18(17-12)11-16(19)15-8-4-6-13-5-2-3-7-14(13)15/h2-10,16,19H,11H2,1H3. The number of fused-ring (bicyclic) bond motifs is 1. The molecule has 1 unspecified atom stereocenters. The Morgan fingerprint density at radius 3 is 2.68 bits per heavy atom. The molecule has 0 saturated carbocycles. The van der Waals surface area contributed by atoms with Gasteiger partial charge in [-0.2, -0.15) is 5.10 Å². The highest BCUT2D eigenvalue weighted by Gasteiger charge is 2.11. The highest BCUT2D eigenvalue weighted by atomic mass is 16.3. The zero-order chi connectivity index (χ0) is 13.2. The lowest BCUT2D eigenvalue weighted by Gasteiger charge is -2.14. The van der Waals surface area contributed by atoms with E-state index in [-0.39, 0.29) is 0 Å². The molecule has 1 aromatic heterocycles. The number of nitrogens with zero attached hydrogens (tertiary/aromatic N) is 2. The van der Waals surface area contributed by atoms with Gasteiger partial charge >= 0.3 is 0 Å². The van der Waals surface area contributed by atoms with E-state index in [0.717, 1.165) is 22.0 Å². The Morgan fingerprint density at radius 2 is 1.89 bits per heavy atom. The van der Waals surface area contributed by atoms with Crippen molar-refractivity contribution in [3.8, 4) is 0 Å². The van der Waals surface area contributed by atoms with Gasteiger partial charge in [0.05, 0.1) is 18.3 Å². The predicted octanol–water partition coefficient (Wildman–Crippen LogP) is 3.08. The normalized spacial score (nSPS) is 12.7. The molecule has 0 spiro atoms. The largest absolute Gasteiger partial charge is 0.386 e. The molecule has 2 aromatic carbocycles. The smallest absolute Gasteiger partial charge is 0.0991 e. The number of aryl methyl sites for hydroxylation is 1. The van der Waals surface area contributed by atoms with E-state index < -0.39 is 6.10 Å². The lowest BCUT2D eigenvalue weighted by molar-refractivity contribution is 0.153. The minimum absolute atomic E-state index is 0.474. The molecule has 0 saturated heterocycles.